The minimum Gasteiger partial charge on any atom is -0.203 e. The molecule has 30 heavy (non-hydrogen) atoms. The molecule has 2 radical (unpaired) electrons. The van der Waals surface area contributed by atoms with E-state index in [9.17, 15) is 17.6 Å². The molecule has 2 aliphatic rings. The van der Waals surface area contributed by atoms with E-state index >= 15 is 0 Å². The maximum atomic E-state index is 14.9. The van der Waals surface area contributed by atoms with E-state index in [0.29, 0.717) is 11.5 Å². The summed E-state index contributed by atoms with van der Waals surface area (Å²) in [4.78, 5) is 0. The Bertz CT molecular complexity index is 828. The molecule has 2 saturated carbocycles. The molecular weight excluding hydrogens is 388 g/mol. The van der Waals surface area contributed by atoms with E-state index in [-0.39, 0.29) is 22.6 Å². The second-order valence-corrected chi connectivity index (χ2v) is 9.14. The van der Waals surface area contributed by atoms with Crippen LogP contribution in [0, 0.1) is 41.0 Å². The van der Waals surface area contributed by atoms with Gasteiger partial charge in [-0.1, -0.05) is 38.1 Å². The largest absolute Gasteiger partial charge is 0.203 e. The SMILES string of the molecule is C[C]1CCC(c2ccc(-c3ccc([C]4CCC(C)CC4)c(F)c3F)c(F)c2F)CC1. The maximum absolute atomic E-state index is 14.9. The molecule has 0 amide bonds. The van der Waals surface area contributed by atoms with Crippen LogP contribution < -0.4 is 0 Å². The fourth-order valence-corrected chi connectivity index (χ4v) is 4.92. The molecule has 2 aromatic rings. The van der Waals surface area contributed by atoms with Crippen molar-refractivity contribution in [1.82, 2.24) is 0 Å². The standard InChI is InChI=1S/C26H28F4/c1-15-3-7-17(8-4-15)19-11-13-21(25(29)23(19)27)22-14-12-20(24(28)26(22)30)18-9-5-16(2)6-10-18/h11-15,18H,3-10H2,1-2H3. The van der Waals surface area contributed by atoms with Gasteiger partial charge in [0.1, 0.15) is 0 Å². The smallest absolute Gasteiger partial charge is 0.167 e. The van der Waals surface area contributed by atoms with Gasteiger partial charge in [-0.2, -0.15) is 0 Å². The first-order valence-corrected chi connectivity index (χ1v) is 11.0. The van der Waals surface area contributed by atoms with Crippen LogP contribution in [0.25, 0.3) is 11.1 Å². The zero-order valence-electron chi connectivity index (χ0n) is 17.6. The number of hydrogen-bond acceptors (Lipinski definition) is 0. The van der Waals surface area contributed by atoms with Crippen molar-refractivity contribution in [3.8, 4) is 11.1 Å². The maximum Gasteiger partial charge on any atom is 0.167 e. The average Bonchev–Trinajstić information content (AvgIpc) is 2.74. The fraction of sp³-hybridized carbons (Fsp3) is 0.462. The summed E-state index contributed by atoms with van der Waals surface area (Å²) in [5.41, 5.74) is 0.166. The van der Waals surface area contributed by atoms with Crippen LogP contribution in [-0.4, -0.2) is 0 Å². The third kappa shape index (κ3) is 4.02. The molecule has 0 aromatic heterocycles. The zero-order valence-corrected chi connectivity index (χ0v) is 17.6. The van der Waals surface area contributed by atoms with Gasteiger partial charge in [-0.3, -0.25) is 0 Å². The molecule has 160 valence electrons. The molecule has 0 N–H and O–H groups in total. The molecule has 4 rings (SSSR count). The molecule has 0 nitrogen and oxygen atoms in total. The Morgan fingerprint density at radius 3 is 1.77 bits per heavy atom. The molecule has 0 bridgehead atoms. The van der Waals surface area contributed by atoms with E-state index in [0.717, 1.165) is 57.3 Å². The van der Waals surface area contributed by atoms with Gasteiger partial charge >= 0.3 is 0 Å². The lowest BCUT2D eigenvalue weighted by Crippen LogP contribution is -2.14. The van der Waals surface area contributed by atoms with Crippen molar-refractivity contribution in [2.45, 2.75) is 71.1 Å². The minimum atomic E-state index is -1.10. The molecule has 0 heterocycles. The highest BCUT2D eigenvalue weighted by molar-refractivity contribution is 5.67. The summed E-state index contributed by atoms with van der Waals surface area (Å²) in [5.74, 6) is -1.25. The van der Waals surface area contributed by atoms with Gasteiger partial charge in [0.25, 0.3) is 0 Å². The van der Waals surface area contributed by atoms with Crippen LogP contribution in [0.15, 0.2) is 24.3 Å². The number of rotatable bonds is 3. The van der Waals surface area contributed by atoms with Crippen molar-refractivity contribution >= 4 is 0 Å². The summed E-state index contributed by atoms with van der Waals surface area (Å²) in [7, 11) is 0. The van der Waals surface area contributed by atoms with Crippen LogP contribution >= 0.6 is 0 Å². The molecule has 2 aromatic carbocycles. The first-order chi connectivity index (χ1) is 14.4. The van der Waals surface area contributed by atoms with Gasteiger partial charge in [-0.25, -0.2) is 17.6 Å². The highest BCUT2D eigenvalue weighted by atomic mass is 19.2. The molecule has 4 heteroatoms. The van der Waals surface area contributed by atoms with E-state index in [1.165, 1.54) is 24.1 Å². The second kappa shape index (κ2) is 8.72. The summed E-state index contributed by atoms with van der Waals surface area (Å²) in [5, 5.41) is 0. The molecule has 2 fully saturated rings. The highest BCUT2D eigenvalue weighted by Gasteiger charge is 2.28. The highest BCUT2D eigenvalue weighted by Crippen LogP contribution is 2.41. The Morgan fingerprint density at radius 2 is 1.13 bits per heavy atom. The number of hydrogen-bond donors (Lipinski definition) is 0. The van der Waals surface area contributed by atoms with Crippen molar-refractivity contribution in [2.24, 2.45) is 5.92 Å². The molecule has 2 aliphatic carbocycles. The topological polar surface area (TPSA) is 0 Å². The predicted molar refractivity (Wildman–Crippen MR) is 112 cm³/mol. The van der Waals surface area contributed by atoms with Gasteiger partial charge in [-0.15, -0.1) is 0 Å². The Balaban J connectivity index is 1.64. The first-order valence-electron chi connectivity index (χ1n) is 11.0. The quantitative estimate of drug-likeness (QED) is 0.442. The monoisotopic (exact) mass is 416 g/mol. The third-order valence-electron chi connectivity index (χ3n) is 7.02. The summed E-state index contributed by atoms with van der Waals surface area (Å²) >= 11 is 0. The lowest BCUT2D eigenvalue weighted by molar-refractivity contribution is 0.409. The van der Waals surface area contributed by atoms with Gasteiger partial charge in [0.15, 0.2) is 23.3 Å². The normalized spacial score (nSPS) is 20.1. The van der Waals surface area contributed by atoms with E-state index in [4.69, 9.17) is 0 Å². The summed E-state index contributed by atoms with van der Waals surface area (Å²) in [6.45, 7) is 4.24. The molecule has 0 spiro atoms. The zero-order chi connectivity index (χ0) is 21.4. The van der Waals surface area contributed by atoms with Crippen molar-refractivity contribution in [1.29, 1.82) is 0 Å². The second-order valence-electron chi connectivity index (χ2n) is 9.14. The first kappa shape index (κ1) is 21.4. The van der Waals surface area contributed by atoms with Gasteiger partial charge in [0.05, 0.1) is 0 Å². The van der Waals surface area contributed by atoms with Crippen molar-refractivity contribution in [3.63, 3.8) is 0 Å². The van der Waals surface area contributed by atoms with Crippen molar-refractivity contribution < 1.29 is 17.6 Å². The van der Waals surface area contributed by atoms with Crippen LogP contribution in [0.1, 0.15) is 82.3 Å². The molecule has 0 unspecified atom stereocenters. The van der Waals surface area contributed by atoms with E-state index in [1.54, 1.807) is 6.07 Å². The Kier molecular flexibility index (Phi) is 6.22. The number of benzene rings is 2. The van der Waals surface area contributed by atoms with Crippen LogP contribution in [0.4, 0.5) is 17.6 Å². The van der Waals surface area contributed by atoms with Gasteiger partial charge in [0.2, 0.25) is 0 Å². The van der Waals surface area contributed by atoms with E-state index < -0.39 is 23.3 Å². The number of halogens is 4. The van der Waals surface area contributed by atoms with Gasteiger partial charge in [0, 0.05) is 17.0 Å². The molecule has 0 aliphatic heterocycles. The minimum absolute atomic E-state index is 0.0358. The Hall–Kier alpha value is -1.84. The van der Waals surface area contributed by atoms with Crippen LogP contribution in [-0.2, 0) is 0 Å². The molecular formula is C26H28F4. The lowest BCUT2D eigenvalue weighted by Gasteiger charge is -2.27. The average molecular weight is 417 g/mol. The Morgan fingerprint density at radius 1 is 0.633 bits per heavy atom. The van der Waals surface area contributed by atoms with Crippen LogP contribution in [0.2, 0.25) is 0 Å². The summed E-state index contributed by atoms with van der Waals surface area (Å²) in [6, 6.07) is 5.84. The van der Waals surface area contributed by atoms with Crippen LogP contribution in [0.3, 0.4) is 0 Å². The van der Waals surface area contributed by atoms with Gasteiger partial charge in [-0.05, 0) is 80.2 Å². The van der Waals surface area contributed by atoms with Gasteiger partial charge < -0.3 is 0 Å². The van der Waals surface area contributed by atoms with Crippen LogP contribution in [0.5, 0.6) is 0 Å². The summed E-state index contributed by atoms with van der Waals surface area (Å²) in [6.07, 6.45) is 6.79. The van der Waals surface area contributed by atoms with Crippen molar-refractivity contribution in [2.75, 3.05) is 0 Å². The predicted octanol–water partition coefficient (Wildman–Crippen LogP) is 8.29. The summed E-state index contributed by atoms with van der Waals surface area (Å²) < 4.78 is 59.5. The van der Waals surface area contributed by atoms with E-state index in [1.807, 2.05) is 0 Å². The molecule has 0 saturated heterocycles. The van der Waals surface area contributed by atoms with Crippen molar-refractivity contribution in [3.05, 3.63) is 70.5 Å². The fourth-order valence-electron chi connectivity index (χ4n) is 4.92. The Labute approximate surface area is 176 Å². The van der Waals surface area contributed by atoms with E-state index in [2.05, 4.69) is 13.8 Å². The third-order valence-corrected chi connectivity index (χ3v) is 7.02. The molecule has 0 atom stereocenters. The lowest BCUT2D eigenvalue weighted by atomic mass is 9.78.